The Morgan fingerprint density at radius 3 is 2.63 bits per heavy atom. The van der Waals surface area contributed by atoms with Crippen molar-refractivity contribution in [2.24, 2.45) is 0 Å². The summed E-state index contributed by atoms with van der Waals surface area (Å²) in [5.41, 5.74) is 0.758. The molecule has 0 radical (unpaired) electrons. The zero-order valence-corrected chi connectivity index (χ0v) is 10.6. The number of furan rings is 1. The molecule has 1 aromatic carbocycles. The maximum atomic E-state index is 12.1. The number of nitrogens with one attached hydrogen (secondary N) is 1. The quantitative estimate of drug-likeness (QED) is 0.870. The van der Waals surface area contributed by atoms with Crippen LogP contribution >= 0.6 is 0 Å². The molecule has 2 aromatic rings. The van der Waals surface area contributed by atoms with E-state index < -0.39 is 12.6 Å². The Kier molecular flexibility index (Phi) is 4.14. The lowest BCUT2D eigenvalue weighted by Gasteiger charge is -2.14. The van der Waals surface area contributed by atoms with Crippen molar-refractivity contribution in [3.05, 3.63) is 36.1 Å². The molecule has 1 unspecified atom stereocenters. The van der Waals surface area contributed by atoms with Crippen LogP contribution < -0.4 is 5.32 Å². The summed E-state index contributed by atoms with van der Waals surface area (Å²) < 4.78 is 42.1. The molecular formula is C14H16F3NO. The second kappa shape index (κ2) is 5.65. The monoisotopic (exact) mass is 271 g/mol. The number of benzene rings is 1. The van der Waals surface area contributed by atoms with Crippen LogP contribution in [0, 0.1) is 0 Å². The molecule has 0 aliphatic heterocycles. The Morgan fingerprint density at radius 1 is 1.26 bits per heavy atom. The summed E-state index contributed by atoms with van der Waals surface area (Å²) in [5.74, 6) is 0.686. The molecule has 104 valence electrons. The van der Waals surface area contributed by atoms with Gasteiger partial charge in [0, 0.05) is 11.8 Å². The predicted octanol–water partition coefficient (Wildman–Crippen LogP) is 4.43. The first-order valence-electron chi connectivity index (χ1n) is 6.22. The van der Waals surface area contributed by atoms with Crippen LogP contribution in [0.4, 0.5) is 13.2 Å². The molecule has 2 nitrogen and oxygen atoms in total. The highest BCUT2D eigenvalue weighted by molar-refractivity contribution is 5.77. The number of fused-ring (bicyclic) bond motifs is 1. The Hall–Kier alpha value is -1.49. The molecule has 0 fully saturated rings. The van der Waals surface area contributed by atoms with Gasteiger partial charge in [0.15, 0.2) is 0 Å². The fourth-order valence-corrected chi connectivity index (χ4v) is 2.11. The summed E-state index contributed by atoms with van der Waals surface area (Å²) in [4.78, 5) is 0. The van der Waals surface area contributed by atoms with Crippen LogP contribution in [0.1, 0.15) is 31.1 Å². The lowest BCUT2D eigenvalue weighted by Crippen LogP contribution is -2.17. The maximum Gasteiger partial charge on any atom is 0.389 e. The van der Waals surface area contributed by atoms with Crippen molar-refractivity contribution in [2.75, 3.05) is 7.05 Å². The van der Waals surface area contributed by atoms with Crippen LogP contribution in [-0.4, -0.2) is 13.2 Å². The zero-order valence-electron chi connectivity index (χ0n) is 10.6. The minimum absolute atomic E-state index is 0.0893. The van der Waals surface area contributed by atoms with E-state index in [0.717, 1.165) is 11.0 Å². The standard InChI is InChI=1S/C14H16F3NO/c1-18-11(6-4-8-14(15,16)17)13-9-10-5-2-3-7-12(10)19-13/h2-3,5,7,9,11,18H,4,6,8H2,1H3. The number of hydrogen-bond donors (Lipinski definition) is 1. The molecule has 0 saturated carbocycles. The second-order valence-electron chi connectivity index (χ2n) is 4.54. The van der Waals surface area contributed by atoms with E-state index in [0.29, 0.717) is 12.2 Å². The van der Waals surface area contributed by atoms with E-state index in [1.807, 2.05) is 30.3 Å². The van der Waals surface area contributed by atoms with Gasteiger partial charge >= 0.3 is 6.18 Å². The van der Waals surface area contributed by atoms with Gasteiger partial charge in [-0.1, -0.05) is 18.2 Å². The average Bonchev–Trinajstić information content (AvgIpc) is 2.76. The van der Waals surface area contributed by atoms with Crippen LogP contribution in [0.25, 0.3) is 11.0 Å². The largest absolute Gasteiger partial charge is 0.459 e. The highest BCUT2D eigenvalue weighted by atomic mass is 19.4. The SMILES string of the molecule is CNC(CCCC(F)(F)F)c1cc2ccccc2o1. The molecule has 19 heavy (non-hydrogen) atoms. The smallest absolute Gasteiger partial charge is 0.389 e. The molecule has 0 amide bonds. The molecule has 1 atom stereocenters. The molecule has 5 heteroatoms. The molecule has 0 aliphatic carbocycles. The fraction of sp³-hybridized carbons (Fsp3) is 0.429. The van der Waals surface area contributed by atoms with Crippen molar-refractivity contribution in [1.29, 1.82) is 0 Å². The molecule has 1 heterocycles. The van der Waals surface area contributed by atoms with Crippen molar-refractivity contribution in [3.8, 4) is 0 Å². The first-order chi connectivity index (χ1) is 8.99. The summed E-state index contributed by atoms with van der Waals surface area (Å²) in [6, 6.07) is 9.23. The van der Waals surface area contributed by atoms with Crippen molar-refractivity contribution in [3.63, 3.8) is 0 Å². The Bertz CT molecular complexity index is 500. The number of halogens is 3. The third-order valence-corrected chi connectivity index (χ3v) is 3.09. The molecule has 1 N–H and O–H groups in total. The number of alkyl halides is 3. The molecule has 0 saturated heterocycles. The van der Waals surface area contributed by atoms with Crippen molar-refractivity contribution >= 4 is 11.0 Å². The number of rotatable bonds is 5. The van der Waals surface area contributed by atoms with Crippen LogP contribution in [0.3, 0.4) is 0 Å². The van der Waals surface area contributed by atoms with Crippen LogP contribution in [0.5, 0.6) is 0 Å². The first-order valence-corrected chi connectivity index (χ1v) is 6.22. The predicted molar refractivity (Wildman–Crippen MR) is 67.9 cm³/mol. The minimum atomic E-state index is -4.09. The molecule has 0 spiro atoms. The molecule has 0 aliphatic rings. The first kappa shape index (κ1) is 13.9. The Balaban J connectivity index is 2.04. The minimum Gasteiger partial charge on any atom is -0.459 e. The summed E-state index contributed by atoms with van der Waals surface area (Å²) >= 11 is 0. The van der Waals surface area contributed by atoms with E-state index in [-0.39, 0.29) is 12.5 Å². The van der Waals surface area contributed by atoms with E-state index in [2.05, 4.69) is 5.32 Å². The third kappa shape index (κ3) is 3.73. The van der Waals surface area contributed by atoms with E-state index >= 15 is 0 Å². The van der Waals surface area contributed by atoms with E-state index in [4.69, 9.17) is 4.42 Å². The van der Waals surface area contributed by atoms with Gasteiger partial charge in [-0.2, -0.15) is 13.2 Å². The van der Waals surface area contributed by atoms with Gasteiger partial charge in [-0.25, -0.2) is 0 Å². The Morgan fingerprint density at radius 2 is 2.00 bits per heavy atom. The number of para-hydroxylation sites is 1. The fourth-order valence-electron chi connectivity index (χ4n) is 2.11. The molecule has 2 rings (SSSR count). The van der Waals surface area contributed by atoms with E-state index in [1.54, 1.807) is 7.05 Å². The molecule has 0 bridgehead atoms. The molecular weight excluding hydrogens is 255 g/mol. The molecule has 1 aromatic heterocycles. The van der Waals surface area contributed by atoms with Gasteiger partial charge in [0.2, 0.25) is 0 Å². The van der Waals surface area contributed by atoms with E-state index in [1.165, 1.54) is 0 Å². The van der Waals surface area contributed by atoms with Crippen LogP contribution in [0.15, 0.2) is 34.7 Å². The van der Waals surface area contributed by atoms with Gasteiger partial charge in [0.1, 0.15) is 11.3 Å². The van der Waals surface area contributed by atoms with Gasteiger partial charge in [0.25, 0.3) is 0 Å². The van der Waals surface area contributed by atoms with Gasteiger partial charge < -0.3 is 9.73 Å². The van der Waals surface area contributed by atoms with Gasteiger partial charge in [-0.05, 0) is 32.0 Å². The van der Waals surface area contributed by atoms with Crippen molar-refractivity contribution in [1.82, 2.24) is 5.32 Å². The second-order valence-corrected chi connectivity index (χ2v) is 4.54. The van der Waals surface area contributed by atoms with Crippen molar-refractivity contribution in [2.45, 2.75) is 31.5 Å². The maximum absolute atomic E-state index is 12.1. The zero-order chi connectivity index (χ0) is 13.9. The van der Waals surface area contributed by atoms with Gasteiger partial charge in [-0.3, -0.25) is 0 Å². The highest BCUT2D eigenvalue weighted by Crippen LogP contribution is 2.29. The van der Waals surface area contributed by atoms with Gasteiger partial charge in [0.05, 0.1) is 6.04 Å². The summed E-state index contributed by atoms with van der Waals surface area (Å²) in [6.45, 7) is 0. The summed E-state index contributed by atoms with van der Waals surface area (Å²) in [7, 11) is 1.73. The van der Waals surface area contributed by atoms with Gasteiger partial charge in [-0.15, -0.1) is 0 Å². The van der Waals surface area contributed by atoms with E-state index in [9.17, 15) is 13.2 Å². The highest BCUT2D eigenvalue weighted by Gasteiger charge is 2.27. The Labute approximate surface area is 109 Å². The topological polar surface area (TPSA) is 25.2 Å². The number of hydrogen-bond acceptors (Lipinski definition) is 2. The van der Waals surface area contributed by atoms with Crippen LogP contribution in [0.2, 0.25) is 0 Å². The average molecular weight is 271 g/mol. The summed E-state index contributed by atoms with van der Waals surface area (Å²) in [6.07, 6.45) is -4.36. The van der Waals surface area contributed by atoms with Crippen molar-refractivity contribution < 1.29 is 17.6 Å². The lowest BCUT2D eigenvalue weighted by atomic mass is 10.1. The summed E-state index contributed by atoms with van der Waals surface area (Å²) in [5, 5.41) is 3.97. The lowest BCUT2D eigenvalue weighted by molar-refractivity contribution is -0.135. The third-order valence-electron chi connectivity index (χ3n) is 3.09. The normalized spacial score (nSPS) is 13.9. The van der Waals surface area contributed by atoms with Crippen LogP contribution in [-0.2, 0) is 0 Å².